The van der Waals surface area contributed by atoms with Gasteiger partial charge in [0.2, 0.25) is 5.91 Å². The van der Waals surface area contributed by atoms with E-state index < -0.39 is 6.04 Å². The summed E-state index contributed by atoms with van der Waals surface area (Å²) in [6.07, 6.45) is 9.95. The number of H-pyrrole nitrogens is 1. The number of hydrogen-bond acceptors (Lipinski definition) is 3. The maximum absolute atomic E-state index is 12.7. The lowest BCUT2D eigenvalue weighted by atomic mass is 9.98. The quantitative estimate of drug-likeness (QED) is 0.888. The fraction of sp³-hybridized carbons (Fsp3) is 0.706. The Morgan fingerprint density at radius 1 is 1.21 bits per heavy atom. The Kier molecular flexibility index (Phi) is 5.37. The van der Waals surface area contributed by atoms with Crippen LogP contribution in [0.4, 0.5) is 4.79 Å². The molecule has 0 radical (unpaired) electrons. The van der Waals surface area contributed by atoms with E-state index in [1.54, 1.807) is 13.1 Å². The first-order valence-corrected chi connectivity index (χ1v) is 9.01. The third kappa shape index (κ3) is 3.71. The molecule has 3 rings (SSSR count). The van der Waals surface area contributed by atoms with Crippen molar-refractivity contribution in [3.05, 3.63) is 18.0 Å². The SMILES string of the molecule is C[C@H](NC(=O)N1CCCC[C@@H]1c1cn[nH]c1)C(=O)N1CCCCC1. The summed E-state index contributed by atoms with van der Waals surface area (Å²) >= 11 is 0. The summed E-state index contributed by atoms with van der Waals surface area (Å²) in [6.45, 7) is 4.11. The summed E-state index contributed by atoms with van der Waals surface area (Å²) in [5, 5.41) is 9.72. The van der Waals surface area contributed by atoms with Crippen molar-refractivity contribution in [2.24, 2.45) is 0 Å². The van der Waals surface area contributed by atoms with E-state index >= 15 is 0 Å². The van der Waals surface area contributed by atoms with Crippen molar-refractivity contribution in [3.63, 3.8) is 0 Å². The van der Waals surface area contributed by atoms with Gasteiger partial charge >= 0.3 is 6.03 Å². The average molecular weight is 333 g/mol. The molecule has 1 aromatic heterocycles. The van der Waals surface area contributed by atoms with Crippen molar-refractivity contribution >= 4 is 11.9 Å². The van der Waals surface area contributed by atoms with Gasteiger partial charge in [0.25, 0.3) is 0 Å². The van der Waals surface area contributed by atoms with Crippen molar-refractivity contribution < 1.29 is 9.59 Å². The number of carbonyl (C=O) groups is 2. The van der Waals surface area contributed by atoms with Crippen molar-refractivity contribution in [1.82, 2.24) is 25.3 Å². The third-order valence-corrected chi connectivity index (χ3v) is 5.05. The second-order valence-corrected chi connectivity index (χ2v) is 6.79. The van der Waals surface area contributed by atoms with Gasteiger partial charge in [0.1, 0.15) is 6.04 Å². The Balaban J connectivity index is 1.61. The van der Waals surface area contributed by atoms with E-state index in [1.165, 1.54) is 6.42 Å². The zero-order valence-corrected chi connectivity index (χ0v) is 14.3. The molecule has 1 aromatic rings. The van der Waals surface area contributed by atoms with E-state index in [0.29, 0.717) is 6.54 Å². The summed E-state index contributed by atoms with van der Waals surface area (Å²) in [5.41, 5.74) is 1.03. The lowest BCUT2D eigenvalue weighted by Crippen LogP contribution is -2.53. The van der Waals surface area contributed by atoms with Crippen LogP contribution >= 0.6 is 0 Å². The molecule has 2 fully saturated rings. The van der Waals surface area contributed by atoms with Crippen LogP contribution in [-0.4, -0.2) is 57.6 Å². The molecule has 2 saturated heterocycles. The van der Waals surface area contributed by atoms with Gasteiger partial charge in [-0.25, -0.2) is 4.79 Å². The van der Waals surface area contributed by atoms with Gasteiger partial charge in [-0.15, -0.1) is 0 Å². The molecule has 132 valence electrons. The molecule has 2 atom stereocenters. The third-order valence-electron chi connectivity index (χ3n) is 5.05. The van der Waals surface area contributed by atoms with Crippen LogP contribution in [0.3, 0.4) is 0 Å². The minimum Gasteiger partial charge on any atom is -0.341 e. The van der Waals surface area contributed by atoms with Crippen LogP contribution in [0.15, 0.2) is 12.4 Å². The van der Waals surface area contributed by atoms with Gasteiger partial charge in [-0.2, -0.15) is 5.10 Å². The number of piperidine rings is 2. The summed E-state index contributed by atoms with van der Waals surface area (Å²) < 4.78 is 0. The average Bonchev–Trinajstić information content (AvgIpc) is 3.16. The van der Waals surface area contributed by atoms with Gasteiger partial charge < -0.3 is 15.1 Å². The Bertz CT molecular complexity index is 553. The molecule has 3 heterocycles. The van der Waals surface area contributed by atoms with Crippen LogP contribution in [0.5, 0.6) is 0 Å². The number of hydrogen-bond donors (Lipinski definition) is 2. The number of nitrogens with zero attached hydrogens (tertiary/aromatic N) is 3. The zero-order valence-electron chi connectivity index (χ0n) is 14.3. The Labute approximate surface area is 142 Å². The largest absolute Gasteiger partial charge is 0.341 e. The van der Waals surface area contributed by atoms with Gasteiger partial charge in [-0.05, 0) is 45.4 Å². The highest BCUT2D eigenvalue weighted by molar-refractivity contribution is 5.87. The molecule has 0 saturated carbocycles. The van der Waals surface area contributed by atoms with Gasteiger partial charge in [-0.1, -0.05) is 0 Å². The molecule has 24 heavy (non-hydrogen) atoms. The molecule has 3 amide bonds. The van der Waals surface area contributed by atoms with E-state index in [0.717, 1.165) is 50.8 Å². The predicted molar refractivity (Wildman–Crippen MR) is 90.3 cm³/mol. The molecular weight excluding hydrogens is 306 g/mol. The lowest BCUT2D eigenvalue weighted by Gasteiger charge is -2.36. The molecule has 2 aliphatic rings. The number of likely N-dealkylation sites (tertiary alicyclic amines) is 2. The van der Waals surface area contributed by atoms with Crippen molar-refractivity contribution in [3.8, 4) is 0 Å². The molecule has 0 aliphatic carbocycles. The van der Waals surface area contributed by atoms with Crippen LogP contribution in [0.2, 0.25) is 0 Å². The van der Waals surface area contributed by atoms with Crippen LogP contribution in [-0.2, 0) is 4.79 Å². The lowest BCUT2D eigenvalue weighted by molar-refractivity contribution is -0.133. The maximum atomic E-state index is 12.7. The second-order valence-electron chi connectivity index (χ2n) is 6.79. The smallest absolute Gasteiger partial charge is 0.318 e. The maximum Gasteiger partial charge on any atom is 0.318 e. The van der Waals surface area contributed by atoms with Crippen molar-refractivity contribution in [1.29, 1.82) is 0 Å². The monoisotopic (exact) mass is 333 g/mol. The Morgan fingerprint density at radius 3 is 2.67 bits per heavy atom. The van der Waals surface area contributed by atoms with Crippen LogP contribution in [0, 0.1) is 0 Å². The topological polar surface area (TPSA) is 81.3 Å². The Hall–Kier alpha value is -2.05. The second kappa shape index (κ2) is 7.68. The number of urea groups is 1. The summed E-state index contributed by atoms with van der Waals surface area (Å²) in [4.78, 5) is 28.9. The molecule has 0 unspecified atom stereocenters. The van der Waals surface area contributed by atoms with Crippen molar-refractivity contribution in [2.45, 2.75) is 57.5 Å². The van der Waals surface area contributed by atoms with E-state index in [2.05, 4.69) is 15.5 Å². The summed E-state index contributed by atoms with van der Waals surface area (Å²) in [6, 6.07) is -0.601. The highest BCUT2D eigenvalue weighted by atomic mass is 16.2. The van der Waals surface area contributed by atoms with E-state index in [-0.39, 0.29) is 18.0 Å². The zero-order chi connectivity index (χ0) is 16.9. The summed E-state index contributed by atoms with van der Waals surface area (Å²) in [7, 11) is 0. The van der Waals surface area contributed by atoms with Crippen LogP contribution in [0.1, 0.15) is 57.1 Å². The number of nitrogens with one attached hydrogen (secondary N) is 2. The molecule has 7 nitrogen and oxygen atoms in total. The van der Waals surface area contributed by atoms with E-state index in [9.17, 15) is 9.59 Å². The number of amides is 3. The van der Waals surface area contributed by atoms with E-state index in [4.69, 9.17) is 0 Å². The molecule has 7 heteroatoms. The van der Waals surface area contributed by atoms with Crippen molar-refractivity contribution in [2.75, 3.05) is 19.6 Å². The van der Waals surface area contributed by atoms with Gasteiger partial charge in [0, 0.05) is 31.4 Å². The van der Waals surface area contributed by atoms with Crippen LogP contribution in [0.25, 0.3) is 0 Å². The highest BCUT2D eigenvalue weighted by Crippen LogP contribution is 2.30. The normalized spacial score (nSPS) is 23.0. The van der Waals surface area contributed by atoms with E-state index in [1.807, 2.05) is 16.0 Å². The fourth-order valence-corrected chi connectivity index (χ4v) is 3.68. The van der Waals surface area contributed by atoms with Crippen LogP contribution < -0.4 is 5.32 Å². The fourth-order valence-electron chi connectivity index (χ4n) is 3.68. The van der Waals surface area contributed by atoms with Gasteiger partial charge in [0.15, 0.2) is 0 Å². The molecule has 0 spiro atoms. The first-order chi connectivity index (χ1) is 11.7. The molecule has 0 bridgehead atoms. The molecule has 0 aromatic carbocycles. The summed E-state index contributed by atoms with van der Waals surface area (Å²) in [5.74, 6) is 0.0277. The minimum atomic E-state index is -0.484. The standard InChI is InChI=1S/C17H27N5O2/c1-13(16(23)21-8-4-2-5-9-21)20-17(24)22-10-6-3-7-15(22)14-11-18-19-12-14/h11-13,15H,2-10H2,1H3,(H,18,19)(H,20,24)/t13-,15+/m0/s1. The highest BCUT2D eigenvalue weighted by Gasteiger charge is 2.31. The van der Waals surface area contributed by atoms with Gasteiger partial charge in [-0.3, -0.25) is 9.89 Å². The predicted octanol–water partition coefficient (Wildman–Crippen LogP) is 2.05. The number of aromatic nitrogens is 2. The number of rotatable bonds is 3. The molecule has 2 aliphatic heterocycles. The van der Waals surface area contributed by atoms with Gasteiger partial charge in [0.05, 0.1) is 12.2 Å². The first-order valence-electron chi connectivity index (χ1n) is 9.01. The molecular formula is C17H27N5O2. The first kappa shape index (κ1) is 16.8. The molecule has 2 N–H and O–H groups in total. The number of carbonyl (C=O) groups excluding carboxylic acids is 2. The minimum absolute atomic E-state index is 0.0277. The Morgan fingerprint density at radius 2 is 1.96 bits per heavy atom. The number of aromatic amines is 1.